The highest BCUT2D eigenvalue weighted by molar-refractivity contribution is 5.85. The molecule has 0 saturated heterocycles. The summed E-state index contributed by atoms with van der Waals surface area (Å²) in [4.78, 5) is 0. The van der Waals surface area contributed by atoms with E-state index in [1.54, 1.807) is 0 Å². The number of nitrogens with two attached hydrogens (primary N) is 2. The van der Waals surface area contributed by atoms with E-state index in [0.717, 1.165) is 0 Å². The summed E-state index contributed by atoms with van der Waals surface area (Å²) < 4.78 is 26.7. The summed E-state index contributed by atoms with van der Waals surface area (Å²) in [6.07, 6.45) is 1.27. The molecule has 5 heteroatoms. The van der Waals surface area contributed by atoms with Crippen LogP contribution in [0.25, 0.3) is 0 Å². The van der Waals surface area contributed by atoms with Gasteiger partial charge in [0.15, 0.2) is 11.6 Å². The maximum absolute atomic E-state index is 13.5. The molecule has 0 bridgehead atoms. The van der Waals surface area contributed by atoms with Crippen LogP contribution in [0, 0.1) is 18.6 Å². The average molecular weight is 251 g/mol. The molecule has 0 saturated carbocycles. The molecule has 0 heterocycles. The second-order valence-electron chi connectivity index (χ2n) is 3.64. The van der Waals surface area contributed by atoms with Crippen LogP contribution >= 0.6 is 12.4 Å². The number of hydrogen-bond acceptors (Lipinski definition) is 2. The predicted molar refractivity (Wildman–Crippen MR) is 63.6 cm³/mol. The average Bonchev–Trinajstić information content (AvgIpc) is 2.23. The second-order valence-corrected chi connectivity index (χ2v) is 3.64. The maximum Gasteiger partial charge on any atom is 0.163 e. The molecule has 0 fully saturated rings. The van der Waals surface area contributed by atoms with Crippen LogP contribution in [0.3, 0.4) is 0 Å². The van der Waals surface area contributed by atoms with Crippen LogP contribution in [0.15, 0.2) is 12.1 Å². The molecule has 16 heavy (non-hydrogen) atoms. The van der Waals surface area contributed by atoms with Gasteiger partial charge in [-0.2, -0.15) is 0 Å². The number of rotatable bonds is 4. The van der Waals surface area contributed by atoms with Crippen LogP contribution in [-0.2, 0) is 0 Å². The van der Waals surface area contributed by atoms with E-state index in [0.29, 0.717) is 24.9 Å². The molecule has 1 atom stereocenters. The lowest BCUT2D eigenvalue weighted by atomic mass is 10.0. The van der Waals surface area contributed by atoms with Crippen LogP contribution in [0.4, 0.5) is 8.78 Å². The molecule has 4 N–H and O–H groups in total. The molecule has 92 valence electrons. The molecule has 1 aromatic rings. The van der Waals surface area contributed by atoms with Gasteiger partial charge < -0.3 is 11.5 Å². The van der Waals surface area contributed by atoms with Gasteiger partial charge in [-0.15, -0.1) is 12.4 Å². The Morgan fingerprint density at radius 3 is 2.44 bits per heavy atom. The molecule has 0 aliphatic carbocycles. The van der Waals surface area contributed by atoms with Gasteiger partial charge in [0, 0.05) is 11.6 Å². The fraction of sp³-hybridized carbons (Fsp3) is 0.455. The summed E-state index contributed by atoms with van der Waals surface area (Å²) in [6, 6.07) is 2.59. The van der Waals surface area contributed by atoms with Gasteiger partial charge >= 0.3 is 0 Å². The zero-order chi connectivity index (χ0) is 11.4. The Balaban J connectivity index is 0.00000225. The topological polar surface area (TPSA) is 52.0 Å². The largest absolute Gasteiger partial charge is 0.330 e. The molecule has 0 radical (unpaired) electrons. The van der Waals surface area contributed by atoms with Gasteiger partial charge in [0.1, 0.15) is 0 Å². The molecular formula is C11H17ClF2N2. The minimum absolute atomic E-state index is 0. The van der Waals surface area contributed by atoms with E-state index in [9.17, 15) is 8.78 Å². The first kappa shape index (κ1) is 15.3. The maximum atomic E-state index is 13.5. The number of aryl methyl sites for hydroxylation is 1. The fourth-order valence-electron chi connectivity index (χ4n) is 1.44. The Morgan fingerprint density at radius 2 is 1.88 bits per heavy atom. The van der Waals surface area contributed by atoms with Crippen molar-refractivity contribution in [2.45, 2.75) is 25.8 Å². The van der Waals surface area contributed by atoms with E-state index in [-0.39, 0.29) is 18.0 Å². The molecule has 0 aliphatic heterocycles. The van der Waals surface area contributed by atoms with Crippen molar-refractivity contribution in [2.75, 3.05) is 6.54 Å². The molecule has 1 rings (SSSR count). The van der Waals surface area contributed by atoms with Crippen molar-refractivity contribution in [2.24, 2.45) is 11.5 Å². The van der Waals surface area contributed by atoms with Gasteiger partial charge in [0.2, 0.25) is 0 Å². The third kappa shape index (κ3) is 3.40. The minimum atomic E-state index is -0.834. The van der Waals surface area contributed by atoms with Gasteiger partial charge in [-0.3, -0.25) is 0 Å². The highest BCUT2D eigenvalue weighted by atomic mass is 35.5. The molecule has 0 aliphatic rings. The van der Waals surface area contributed by atoms with E-state index in [1.165, 1.54) is 19.1 Å². The highest BCUT2D eigenvalue weighted by Crippen LogP contribution is 2.22. The van der Waals surface area contributed by atoms with Crippen molar-refractivity contribution in [3.63, 3.8) is 0 Å². The summed E-state index contributed by atoms with van der Waals surface area (Å²) in [5, 5.41) is 0. The summed E-state index contributed by atoms with van der Waals surface area (Å²) in [7, 11) is 0. The van der Waals surface area contributed by atoms with E-state index in [2.05, 4.69) is 0 Å². The molecule has 0 amide bonds. The van der Waals surface area contributed by atoms with Crippen LogP contribution < -0.4 is 11.5 Å². The van der Waals surface area contributed by atoms with Crippen molar-refractivity contribution in [1.29, 1.82) is 0 Å². The van der Waals surface area contributed by atoms with E-state index in [1.807, 2.05) is 0 Å². The lowest BCUT2D eigenvalue weighted by molar-refractivity contribution is 0.477. The molecule has 0 unspecified atom stereocenters. The lowest BCUT2D eigenvalue weighted by Gasteiger charge is -2.13. The van der Waals surface area contributed by atoms with E-state index < -0.39 is 17.7 Å². The first-order valence-electron chi connectivity index (χ1n) is 4.98. The standard InChI is InChI=1S/C11H16F2N2.ClH/c1-7-4-5-8(11(13)10(7)12)9(15)3-2-6-14;/h4-5,9H,2-3,6,14-15H2,1H3;1H/t9-;/m0./s1. The third-order valence-electron chi connectivity index (χ3n) is 2.42. The molecular weight excluding hydrogens is 234 g/mol. The van der Waals surface area contributed by atoms with Crippen molar-refractivity contribution >= 4 is 12.4 Å². The first-order valence-corrected chi connectivity index (χ1v) is 4.98. The second kappa shape index (κ2) is 6.78. The number of halogens is 3. The molecule has 2 nitrogen and oxygen atoms in total. The quantitative estimate of drug-likeness (QED) is 0.862. The lowest BCUT2D eigenvalue weighted by Crippen LogP contribution is -2.15. The molecule has 1 aromatic carbocycles. The summed E-state index contributed by atoms with van der Waals surface area (Å²) in [6.45, 7) is 2.03. The summed E-state index contributed by atoms with van der Waals surface area (Å²) in [5.41, 5.74) is 11.6. The highest BCUT2D eigenvalue weighted by Gasteiger charge is 2.15. The predicted octanol–water partition coefficient (Wildman–Crippen LogP) is 2.43. The minimum Gasteiger partial charge on any atom is -0.330 e. The van der Waals surface area contributed by atoms with Crippen LogP contribution in [0.1, 0.15) is 30.0 Å². The Hall–Kier alpha value is -0.710. The smallest absolute Gasteiger partial charge is 0.163 e. The van der Waals surface area contributed by atoms with Crippen LogP contribution in [-0.4, -0.2) is 6.54 Å². The number of benzene rings is 1. The molecule has 0 aromatic heterocycles. The summed E-state index contributed by atoms with van der Waals surface area (Å²) >= 11 is 0. The van der Waals surface area contributed by atoms with E-state index in [4.69, 9.17) is 11.5 Å². The van der Waals surface area contributed by atoms with Crippen LogP contribution in [0.5, 0.6) is 0 Å². The third-order valence-corrected chi connectivity index (χ3v) is 2.42. The van der Waals surface area contributed by atoms with Gasteiger partial charge in [-0.1, -0.05) is 12.1 Å². The van der Waals surface area contributed by atoms with Gasteiger partial charge in [-0.05, 0) is 31.9 Å². The normalized spacial score (nSPS) is 12.1. The fourth-order valence-corrected chi connectivity index (χ4v) is 1.44. The Morgan fingerprint density at radius 1 is 1.25 bits per heavy atom. The van der Waals surface area contributed by atoms with Crippen molar-refractivity contribution < 1.29 is 8.78 Å². The van der Waals surface area contributed by atoms with Crippen LogP contribution in [0.2, 0.25) is 0 Å². The monoisotopic (exact) mass is 250 g/mol. The molecule has 0 spiro atoms. The first-order chi connectivity index (χ1) is 7.07. The zero-order valence-corrected chi connectivity index (χ0v) is 9.99. The summed E-state index contributed by atoms with van der Waals surface area (Å²) in [5.74, 6) is -1.64. The van der Waals surface area contributed by atoms with Crippen molar-refractivity contribution in [1.82, 2.24) is 0 Å². The SMILES string of the molecule is Cc1ccc([C@@H](N)CCCN)c(F)c1F.Cl. The van der Waals surface area contributed by atoms with Gasteiger partial charge in [0.25, 0.3) is 0 Å². The zero-order valence-electron chi connectivity index (χ0n) is 9.17. The Bertz CT molecular complexity index is 345. The van der Waals surface area contributed by atoms with Gasteiger partial charge in [-0.25, -0.2) is 8.78 Å². The van der Waals surface area contributed by atoms with Crippen molar-refractivity contribution in [3.05, 3.63) is 34.9 Å². The Kier molecular flexibility index (Phi) is 6.48. The number of hydrogen-bond donors (Lipinski definition) is 2. The van der Waals surface area contributed by atoms with Crippen molar-refractivity contribution in [3.8, 4) is 0 Å². The Labute approximate surface area is 100 Å². The van der Waals surface area contributed by atoms with Gasteiger partial charge in [0.05, 0.1) is 0 Å². The van der Waals surface area contributed by atoms with E-state index >= 15 is 0 Å².